The van der Waals surface area contributed by atoms with Crippen LogP contribution in [-0.4, -0.2) is 31.3 Å². The zero-order valence-corrected chi connectivity index (χ0v) is 12.2. The smallest absolute Gasteiger partial charge is 0.212 e. The molecule has 0 N–H and O–H groups in total. The van der Waals surface area contributed by atoms with Gasteiger partial charge in [0, 0.05) is 11.9 Å². The van der Waals surface area contributed by atoms with E-state index < -0.39 is 0 Å². The van der Waals surface area contributed by atoms with Crippen molar-refractivity contribution in [3.63, 3.8) is 0 Å². The standard InChI is InChI=1S/C15H10FN5S/c16-11-6-4-10(5-7-11)13-9-22-15-19-18-14(21(15)20-13)12-3-1-2-8-17-12/h1-8H,9H2. The molecule has 1 aliphatic rings. The van der Waals surface area contributed by atoms with E-state index in [1.807, 2.05) is 18.2 Å². The van der Waals surface area contributed by atoms with Gasteiger partial charge in [0.15, 0.2) is 0 Å². The number of pyridine rings is 1. The van der Waals surface area contributed by atoms with Crippen LogP contribution in [0.15, 0.2) is 58.9 Å². The van der Waals surface area contributed by atoms with Crippen LogP contribution in [0.2, 0.25) is 0 Å². The summed E-state index contributed by atoms with van der Waals surface area (Å²) < 4.78 is 14.7. The van der Waals surface area contributed by atoms with Crippen molar-refractivity contribution < 1.29 is 4.39 Å². The van der Waals surface area contributed by atoms with Gasteiger partial charge in [0.05, 0.1) is 5.71 Å². The molecule has 0 radical (unpaired) electrons. The number of hydrogen-bond acceptors (Lipinski definition) is 5. The van der Waals surface area contributed by atoms with Gasteiger partial charge in [0.1, 0.15) is 11.5 Å². The van der Waals surface area contributed by atoms with Gasteiger partial charge in [-0.2, -0.15) is 9.78 Å². The minimum absolute atomic E-state index is 0.257. The third-order valence-electron chi connectivity index (χ3n) is 3.24. The van der Waals surface area contributed by atoms with Crippen LogP contribution < -0.4 is 0 Å². The fraction of sp³-hybridized carbons (Fsp3) is 0.0667. The van der Waals surface area contributed by atoms with E-state index in [4.69, 9.17) is 0 Å². The molecule has 0 spiro atoms. The summed E-state index contributed by atoms with van der Waals surface area (Å²) in [4.78, 5) is 4.29. The van der Waals surface area contributed by atoms with Crippen molar-refractivity contribution >= 4 is 17.5 Å². The molecule has 7 heteroatoms. The highest BCUT2D eigenvalue weighted by molar-refractivity contribution is 7.99. The summed E-state index contributed by atoms with van der Waals surface area (Å²) in [5.41, 5.74) is 2.46. The van der Waals surface area contributed by atoms with Crippen LogP contribution in [-0.2, 0) is 0 Å². The molecule has 1 aliphatic heterocycles. The Morgan fingerprint density at radius 1 is 1.05 bits per heavy atom. The number of fused-ring (bicyclic) bond motifs is 1. The lowest BCUT2D eigenvalue weighted by molar-refractivity contribution is 0.627. The lowest BCUT2D eigenvalue weighted by Gasteiger charge is -2.13. The lowest BCUT2D eigenvalue weighted by Crippen LogP contribution is -2.13. The van der Waals surface area contributed by atoms with Gasteiger partial charge in [-0.15, -0.1) is 10.2 Å². The van der Waals surface area contributed by atoms with E-state index in [-0.39, 0.29) is 5.82 Å². The molecule has 2 aromatic heterocycles. The van der Waals surface area contributed by atoms with E-state index in [2.05, 4.69) is 20.3 Å². The van der Waals surface area contributed by atoms with Gasteiger partial charge in [-0.1, -0.05) is 30.0 Å². The molecule has 4 rings (SSSR count). The van der Waals surface area contributed by atoms with Crippen molar-refractivity contribution in [3.8, 4) is 11.5 Å². The van der Waals surface area contributed by atoms with Crippen molar-refractivity contribution in [1.82, 2.24) is 19.9 Å². The van der Waals surface area contributed by atoms with Gasteiger partial charge in [-0.05, 0) is 29.8 Å². The fourth-order valence-electron chi connectivity index (χ4n) is 2.17. The SMILES string of the molecule is Fc1ccc(C2=Nn3c(nnc3-c3ccccn3)SC2)cc1. The maximum atomic E-state index is 13.1. The maximum absolute atomic E-state index is 13.1. The predicted octanol–water partition coefficient (Wildman–Crippen LogP) is 2.84. The summed E-state index contributed by atoms with van der Waals surface area (Å²) >= 11 is 1.55. The number of rotatable bonds is 2. The van der Waals surface area contributed by atoms with Crippen molar-refractivity contribution in [2.24, 2.45) is 5.10 Å². The Morgan fingerprint density at radius 3 is 2.68 bits per heavy atom. The number of halogens is 1. The molecule has 0 aliphatic carbocycles. The van der Waals surface area contributed by atoms with E-state index in [1.54, 1.807) is 34.8 Å². The van der Waals surface area contributed by atoms with E-state index in [0.29, 0.717) is 17.3 Å². The minimum atomic E-state index is -0.257. The Kier molecular flexibility index (Phi) is 3.19. The molecule has 3 heterocycles. The lowest BCUT2D eigenvalue weighted by atomic mass is 10.1. The zero-order valence-electron chi connectivity index (χ0n) is 11.3. The quantitative estimate of drug-likeness (QED) is 0.730. The third-order valence-corrected chi connectivity index (χ3v) is 4.17. The molecular formula is C15H10FN5S. The second-order valence-electron chi connectivity index (χ2n) is 4.68. The monoisotopic (exact) mass is 311 g/mol. The molecule has 22 heavy (non-hydrogen) atoms. The second kappa shape index (κ2) is 5.34. The average Bonchev–Trinajstić information content (AvgIpc) is 2.99. The van der Waals surface area contributed by atoms with Crippen molar-refractivity contribution in [2.45, 2.75) is 5.16 Å². The summed E-state index contributed by atoms with van der Waals surface area (Å²) in [6.07, 6.45) is 1.71. The molecule has 1 aromatic carbocycles. The second-order valence-corrected chi connectivity index (χ2v) is 5.62. The molecular weight excluding hydrogens is 301 g/mol. The molecule has 0 bridgehead atoms. The van der Waals surface area contributed by atoms with Gasteiger partial charge >= 0.3 is 0 Å². The minimum Gasteiger partial charge on any atom is -0.253 e. The molecule has 0 saturated carbocycles. The van der Waals surface area contributed by atoms with Crippen LogP contribution in [0.25, 0.3) is 11.5 Å². The van der Waals surface area contributed by atoms with Crippen LogP contribution in [0.5, 0.6) is 0 Å². The summed E-state index contributed by atoms with van der Waals surface area (Å²) in [6.45, 7) is 0. The number of thioether (sulfide) groups is 1. The molecule has 3 aromatic rings. The fourth-order valence-corrected chi connectivity index (χ4v) is 3.00. The van der Waals surface area contributed by atoms with E-state index in [1.165, 1.54) is 12.1 Å². The summed E-state index contributed by atoms with van der Waals surface area (Å²) in [5.74, 6) is 1.01. The number of nitrogens with zero attached hydrogens (tertiary/aromatic N) is 5. The van der Waals surface area contributed by atoms with Crippen LogP contribution in [0, 0.1) is 5.82 Å². The summed E-state index contributed by atoms with van der Waals surface area (Å²) in [6, 6.07) is 11.9. The van der Waals surface area contributed by atoms with Gasteiger partial charge in [0.2, 0.25) is 11.0 Å². The highest BCUT2D eigenvalue weighted by Crippen LogP contribution is 2.27. The van der Waals surface area contributed by atoms with Crippen molar-refractivity contribution in [1.29, 1.82) is 0 Å². The molecule has 0 fully saturated rings. The maximum Gasteiger partial charge on any atom is 0.212 e. The molecule has 0 unspecified atom stereocenters. The Labute approximate surface area is 129 Å². The van der Waals surface area contributed by atoms with Gasteiger partial charge in [0.25, 0.3) is 0 Å². The number of hydrogen-bond donors (Lipinski definition) is 0. The summed E-state index contributed by atoms with van der Waals surface area (Å²) in [5, 5.41) is 13.7. The largest absolute Gasteiger partial charge is 0.253 e. The first-order valence-electron chi connectivity index (χ1n) is 6.65. The first kappa shape index (κ1) is 13.1. The molecule has 5 nitrogen and oxygen atoms in total. The average molecular weight is 311 g/mol. The van der Waals surface area contributed by atoms with Crippen LogP contribution >= 0.6 is 11.8 Å². The Hall–Kier alpha value is -2.54. The van der Waals surface area contributed by atoms with Crippen molar-refractivity contribution in [3.05, 3.63) is 60.0 Å². The molecule has 108 valence electrons. The third kappa shape index (κ3) is 2.29. The first-order chi connectivity index (χ1) is 10.8. The molecule has 0 amide bonds. The Morgan fingerprint density at radius 2 is 1.91 bits per heavy atom. The van der Waals surface area contributed by atoms with Crippen LogP contribution in [0.1, 0.15) is 5.56 Å². The molecule has 0 saturated heterocycles. The highest BCUT2D eigenvalue weighted by Gasteiger charge is 2.21. The predicted molar refractivity (Wildman–Crippen MR) is 82.3 cm³/mol. The van der Waals surface area contributed by atoms with Gasteiger partial charge < -0.3 is 0 Å². The topological polar surface area (TPSA) is 56.0 Å². The van der Waals surface area contributed by atoms with Crippen molar-refractivity contribution in [2.75, 3.05) is 5.75 Å². The van der Waals surface area contributed by atoms with Gasteiger partial charge in [-0.3, -0.25) is 4.98 Å². The van der Waals surface area contributed by atoms with Crippen LogP contribution in [0.3, 0.4) is 0 Å². The number of benzene rings is 1. The summed E-state index contributed by atoms with van der Waals surface area (Å²) in [7, 11) is 0. The Bertz CT molecular complexity index is 842. The molecule has 0 atom stereocenters. The van der Waals surface area contributed by atoms with E-state index in [9.17, 15) is 4.39 Å². The van der Waals surface area contributed by atoms with E-state index in [0.717, 1.165) is 16.4 Å². The van der Waals surface area contributed by atoms with Gasteiger partial charge in [-0.25, -0.2) is 4.39 Å². The Balaban J connectivity index is 1.79. The number of aromatic nitrogens is 4. The highest BCUT2D eigenvalue weighted by atomic mass is 32.2. The zero-order chi connectivity index (χ0) is 14.9. The van der Waals surface area contributed by atoms with E-state index >= 15 is 0 Å². The van der Waals surface area contributed by atoms with Crippen LogP contribution in [0.4, 0.5) is 4.39 Å². The normalized spacial score (nSPS) is 13.6. The first-order valence-corrected chi connectivity index (χ1v) is 7.63.